The van der Waals surface area contributed by atoms with E-state index in [0.29, 0.717) is 0 Å². The van der Waals surface area contributed by atoms with Crippen LogP contribution in [0.25, 0.3) is 0 Å². The number of rotatable bonds is 3. The zero-order valence-electron chi connectivity index (χ0n) is 11.1. The molecule has 1 fully saturated rings. The van der Waals surface area contributed by atoms with Crippen LogP contribution in [0.3, 0.4) is 0 Å². The lowest BCUT2D eigenvalue weighted by Crippen LogP contribution is -2.45. The molecule has 1 aliphatic rings. The summed E-state index contributed by atoms with van der Waals surface area (Å²) in [6.07, 6.45) is 0. The molecule has 2 aromatic rings. The highest BCUT2D eigenvalue weighted by atomic mass is 32.1. The standard InChI is InChI=1S/C15H18N2O2S/c18-12-4-3-11(10-13(12)19)15(14-2-1-9-20-14)17-7-5-16-6-8-17/h1-4,9-10,15-16,18-19H,5-8H2/t15-/m0/s1. The lowest BCUT2D eigenvalue weighted by molar-refractivity contribution is 0.200. The Labute approximate surface area is 122 Å². The van der Waals surface area contributed by atoms with E-state index in [1.807, 2.05) is 6.07 Å². The second-order valence-corrected chi connectivity index (χ2v) is 5.93. The lowest BCUT2D eigenvalue weighted by atomic mass is 10.0. The lowest BCUT2D eigenvalue weighted by Gasteiger charge is -2.34. The number of nitrogens with one attached hydrogen (secondary N) is 1. The largest absolute Gasteiger partial charge is 0.504 e. The zero-order chi connectivity index (χ0) is 13.9. The molecule has 0 bridgehead atoms. The molecule has 0 saturated carbocycles. The van der Waals surface area contributed by atoms with Gasteiger partial charge in [-0.05, 0) is 29.1 Å². The van der Waals surface area contributed by atoms with Gasteiger partial charge in [-0.1, -0.05) is 12.1 Å². The molecule has 3 rings (SSSR count). The van der Waals surface area contributed by atoms with E-state index in [1.165, 1.54) is 4.88 Å². The van der Waals surface area contributed by atoms with Gasteiger partial charge in [-0.2, -0.15) is 0 Å². The van der Waals surface area contributed by atoms with Crippen LogP contribution in [-0.2, 0) is 0 Å². The fourth-order valence-electron chi connectivity index (χ4n) is 2.65. The van der Waals surface area contributed by atoms with E-state index in [0.717, 1.165) is 31.7 Å². The first-order valence-corrected chi connectivity index (χ1v) is 7.64. The van der Waals surface area contributed by atoms with Crippen LogP contribution in [0, 0.1) is 0 Å². The topological polar surface area (TPSA) is 55.7 Å². The molecular weight excluding hydrogens is 272 g/mol. The van der Waals surface area contributed by atoms with Gasteiger partial charge >= 0.3 is 0 Å². The number of phenols is 2. The van der Waals surface area contributed by atoms with E-state index in [4.69, 9.17) is 0 Å². The molecular formula is C15H18N2O2S. The summed E-state index contributed by atoms with van der Waals surface area (Å²) in [5.41, 5.74) is 1.02. The van der Waals surface area contributed by atoms with Crippen LogP contribution < -0.4 is 5.32 Å². The molecule has 0 spiro atoms. The van der Waals surface area contributed by atoms with Gasteiger partial charge in [0.25, 0.3) is 0 Å². The number of phenolic OH excluding ortho intramolecular Hbond substituents is 2. The minimum absolute atomic E-state index is 0.0563. The predicted molar refractivity (Wildman–Crippen MR) is 80.4 cm³/mol. The molecule has 0 radical (unpaired) electrons. The average molecular weight is 290 g/mol. The number of piperazine rings is 1. The van der Waals surface area contributed by atoms with Gasteiger partial charge in [0.2, 0.25) is 0 Å². The first-order valence-electron chi connectivity index (χ1n) is 6.76. The monoisotopic (exact) mass is 290 g/mol. The third-order valence-electron chi connectivity index (χ3n) is 3.64. The second kappa shape index (κ2) is 5.83. The highest BCUT2D eigenvalue weighted by Gasteiger charge is 2.25. The van der Waals surface area contributed by atoms with Crippen molar-refractivity contribution in [1.29, 1.82) is 0 Å². The molecule has 2 heterocycles. The van der Waals surface area contributed by atoms with Crippen LogP contribution in [0.4, 0.5) is 0 Å². The van der Waals surface area contributed by atoms with Gasteiger partial charge in [0, 0.05) is 31.1 Å². The number of hydrogen-bond acceptors (Lipinski definition) is 5. The molecule has 1 saturated heterocycles. The smallest absolute Gasteiger partial charge is 0.157 e. The highest BCUT2D eigenvalue weighted by molar-refractivity contribution is 7.10. The summed E-state index contributed by atoms with van der Waals surface area (Å²) in [7, 11) is 0. The van der Waals surface area contributed by atoms with E-state index in [2.05, 4.69) is 27.7 Å². The van der Waals surface area contributed by atoms with Crippen molar-refractivity contribution in [1.82, 2.24) is 10.2 Å². The molecule has 0 aliphatic carbocycles. The first kappa shape index (κ1) is 13.4. The number of nitrogens with zero attached hydrogens (tertiary/aromatic N) is 1. The minimum Gasteiger partial charge on any atom is -0.504 e. The van der Waals surface area contributed by atoms with Gasteiger partial charge in [-0.3, -0.25) is 4.90 Å². The maximum Gasteiger partial charge on any atom is 0.157 e. The molecule has 0 amide bonds. The van der Waals surface area contributed by atoms with Gasteiger partial charge in [0.05, 0.1) is 6.04 Å². The van der Waals surface area contributed by atoms with Gasteiger partial charge in [-0.15, -0.1) is 11.3 Å². The van der Waals surface area contributed by atoms with Crippen molar-refractivity contribution in [2.24, 2.45) is 0 Å². The van der Waals surface area contributed by atoms with Crippen LogP contribution in [0.2, 0.25) is 0 Å². The molecule has 5 heteroatoms. The fraction of sp³-hybridized carbons (Fsp3) is 0.333. The fourth-order valence-corrected chi connectivity index (χ4v) is 3.54. The van der Waals surface area contributed by atoms with Crippen LogP contribution in [0.1, 0.15) is 16.5 Å². The Morgan fingerprint density at radius 1 is 1.10 bits per heavy atom. The summed E-state index contributed by atoms with van der Waals surface area (Å²) < 4.78 is 0. The molecule has 106 valence electrons. The molecule has 1 aliphatic heterocycles. The van der Waals surface area contributed by atoms with Crippen LogP contribution in [0.15, 0.2) is 35.7 Å². The maximum absolute atomic E-state index is 9.77. The summed E-state index contributed by atoms with van der Waals surface area (Å²) in [6, 6.07) is 9.44. The van der Waals surface area contributed by atoms with Gasteiger partial charge in [0.1, 0.15) is 0 Å². The zero-order valence-corrected chi connectivity index (χ0v) is 11.9. The summed E-state index contributed by atoms with van der Waals surface area (Å²) >= 11 is 1.72. The molecule has 1 aromatic heterocycles. The van der Waals surface area contributed by atoms with Gasteiger partial charge in [-0.25, -0.2) is 0 Å². The van der Waals surface area contributed by atoms with Crippen molar-refractivity contribution < 1.29 is 10.2 Å². The van der Waals surface area contributed by atoms with Crippen molar-refractivity contribution in [3.05, 3.63) is 46.2 Å². The number of aromatic hydroxyl groups is 2. The number of thiophene rings is 1. The summed E-state index contributed by atoms with van der Waals surface area (Å²) in [4.78, 5) is 3.67. The molecule has 1 atom stereocenters. The molecule has 3 N–H and O–H groups in total. The van der Waals surface area contributed by atoms with Crippen molar-refractivity contribution in [2.45, 2.75) is 6.04 Å². The van der Waals surface area contributed by atoms with Crippen LogP contribution in [0.5, 0.6) is 11.5 Å². The summed E-state index contributed by atoms with van der Waals surface area (Å²) in [5, 5.41) is 24.7. The summed E-state index contributed by atoms with van der Waals surface area (Å²) in [5.74, 6) is -0.127. The first-order chi connectivity index (χ1) is 9.75. The Balaban J connectivity index is 1.98. The third kappa shape index (κ3) is 2.65. The van der Waals surface area contributed by atoms with E-state index in [-0.39, 0.29) is 17.5 Å². The third-order valence-corrected chi connectivity index (χ3v) is 4.57. The Morgan fingerprint density at radius 2 is 1.90 bits per heavy atom. The molecule has 0 unspecified atom stereocenters. The van der Waals surface area contributed by atoms with Crippen LogP contribution in [-0.4, -0.2) is 41.3 Å². The van der Waals surface area contributed by atoms with Crippen LogP contribution >= 0.6 is 11.3 Å². The average Bonchev–Trinajstić information content (AvgIpc) is 2.98. The minimum atomic E-state index is -0.0704. The molecule has 4 nitrogen and oxygen atoms in total. The Morgan fingerprint density at radius 3 is 2.55 bits per heavy atom. The normalized spacial score (nSPS) is 18.0. The van der Waals surface area contributed by atoms with E-state index in [9.17, 15) is 10.2 Å². The molecule has 1 aromatic carbocycles. The summed E-state index contributed by atoms with van der Waals surface area (Å²) in [6.45, 7) is 3.91. The van der Waals surface area contributed by atoms with Gasteiger partial charge in [0.15, 0.2) is 11.5 Å². The second-order valence-electron chi connectivity index (χ2n) is 4.95. The van der Waals surface area contributed by atoms with Crippen molar-refractivity contribution >= 4 is 11.3 Å². The number of hydrogen-bond donors (Lipinski definition) is 3. The van der Waals surface area contributed by atoms with Gasteiger partial charge < -0.3 is 15.5 Å². The van der Waals surface area contributed by atoms with Crippen molar-refractivity contribution in [3.8, 4) is 11.5 Å². The van der Waals surface area contributed by atoms with E-state index < -0.39 is 0 Å². The highest BCUT2D eigenvalue weighted by Crippen LogP contribution is 2.35. The van der Waals surface area contributed by atoms with Crippen molar-refractivity contribution in [2.75, 3.05) is 26.2 Å². The van der Waals surface area contributed by atoms with E-state index in [1.54, 1.807) is 23.5 Å². The van der Waals surface area contributed by atoms with Crippen molar-refractivity contribution in [3.63, 3.8) is 0 Å². The Bertz CT molecular complexity index is 565. The Hall–Kier alpha value is -1.56. The Kier molecular flexibility index (Phi) is 3.91. The quantitative estimate of drug-likeness (QED) is 0.758. The predicted octanol–water partition coefficient (Wildman–Crippen LogP) is 2.15. The molecule has 20 heavy (non-hydrogen) atoms. The van der Waals surface area contributed by atoms with E-state index >= 15 is 0 Å². The SMILES string of the molecule is Oc1ccc([C@@H](c2cccs2)N2CCNCC2)cc1O. The maximum atomic E-state index is 9.77. The number of benzene rings is 1.